The highest BCUT2D eigenvalue weighted by Crippen LogP contribution is 2.25. The lowest BCUT2D eigenvalue weighted by molar-refractivity contribution is 0.0600. The molecular formula is C21H23ClN4O2. The molecule has 2 N–H and O–H groups in total. The van der Waals surface area contributed by atoms with E-state index < -0.39 is 0 Å². The van der Waals surface area contributed by atoms with Crippen LogP contribution in [0.3, 0.4) is 0 Å². The molecule has 0 fully saturated rings. The zero-order valence-electron chi connectivity index (χ0n) is 16.1. The fourth-order valence-corrected chi connectivity index (χ4v) is 2.84. The Bertz CT molecular complexity index is 974. The molecule has 0 unspecified atom stereocenters. The van der Waals surface area contributed by atoms with Crippen molar-refractivity contribution < 1.29 is 9.53 Å². The number of fused-ring (bicyclic) bond motifs is 1. The number of nitrogens with zero attached hydrogens (tertiary/aromatic N) is 2. The molecule has 0 radical (unpaired) electrons. The third-order valence-corrected chi connectivity index (χ3v) is 4.40. The standard InChI is InChI=1S/C21H23ClN4O2/c1-13(2)11-23-19-17-9-8-16(22)10-18(17)25-21(26-19)24-12-14-4-6-15(7-5-14)20(27)28-3/h4-10,13H,11-12H2,1-3H3,(H2,23,24,25,26). The Balaban J connectivity index is 1.81. The maximum atomic E-state index is 11.5. The van der Waals surface area contributed by atoms with Crippen molar-refractivity contribution in [1.82, 2.24) is 9.97 Å². The summed E-state index contributed by atoms with van der Waals surface area (Å²) < 4.78 is 4.72. The number of anilines is 2. The maximum absolute atomic E-state index is 11.5. The van der Waals surface area contributed by atoms with Crippen LogP contribution in [-0.4, -0.2) is 29.6 Å². The van der Waals surface area contributed by atoms with E-state index in [0.29, 0.717) is 29.0 Å². The Hall–Kier alpha value is -2.86. The second-order valence-electron chi connectivity index (χ2n) is 6.87. The van der Waals surface area contributed by atoms with E-state index in [2.05, 4.69) is 34.4 Å². The largest absolute Gasteiger partial charge is 0.465 e. The molecule has 146 valence electrons. The summed E-state index contributed by atoms with van der Waals surface area (Å²) in [4.78, 5) is 20.7. The van der Waals surface area contributed by atoms with Gasteiger partial charge < -0.3 is 15.4 Å². The van der Waals surface area contributed by atoms with Gasteiger partial charge in [-0.3, -0.25) is 0 Å². The quantitative estimate of drug-likeness (QED) is 0.559. The number of hydrogen-bond acceptors (Lipinski definition) is 6. The van der Waals surface area contributed by atoms with Crippen LogP contribution in [-0.2, 0) is 11.3 Å². The van der Waals surface area contributed by atoms with E-state index in [4.69, 9.17) is 16.3 Å². The van der Waals surface area contributed by atoms with Crippen molar-refractivity contribution in [2.75, 3.05) is 24.3 Å². The van der Waals surface area contributed by atoms with Crippen LogP contribution in [0.1, 0.15) is 29.8 Å². The molecule has 0 aliphatic heterocycles. The lowest BCUT2D eigenvalue weighted by Gasteiger charge is -2.13. The minimum absolute atomic E-state index is 0.352. The summed E-state index contributed by atoms with van der Waals surface area (Å²) in [7, 11) is 1.37. The number of halogens is 1. The van der Waals surface area contributed by atoms with Gasteiger partial charge in [0.05, 0.1) is 18.2 Å². The van der Waals surface area contributed by atoms with Crippen molar-refractivity contribution in [3.8, 4) is 0 Å². The van der Waals surface area contributed by atoms with Gasteiger partial charge >= 0.3 is 5.97 Å². The van der Waals surface area contributed by atoms with Gasteiger partial charge in [-0.2, -0.15) is 4.98 Å². The summed E-state index contributed by atoms with van der Waals surface area (Å²) in [6.45, 7) is 5.62. The molecule has 0 atom stereocenters. The molecule has 28 heavy (non-hydrogen) atoms. The minimum atomic E-state index is -0.352. The second-order valence-corrected chi connectivity index (χ2v) is 7.31. The predicted octanol–water partition coefficient (Wildman–Crippen LogP) is 4.75. The summed E-state index contributed by atoms with van der Waals surface area (Å²) in [6, 6.07) is 12.8. The van der Waals surface area contributed by atoms with Crippen LogP contribution in [0, 0.1) is 5.92 Å². The van der Waals surface area contributed by atoms with Gasteiger partial charge in [-0.25, -0.2) is 9.78 Å². The first-order valence-electron chi connectivity index (χ1n) is 9.08. The Labute approximate surface area is 169 Å². The second kappa shape index (κ2) is 8.89. The van der Waals surface area contributed by atoms with Crippen molar-refractivity contribution in [2.24, 2.45) is 5.92 Å². The molecule has 2 aromatic carbocycles. The number of nitrogens with one attached hydrogen (secondary N) is 2. The van der Waals surface area contributed by atoms with Gasteiger partial charge in [0, 0.05) is 23.5 Å². The monoisotopic (exact) mass is 398 g/mol. The molecule has 0 saturated heterocycles. The number of benzene rings is 2. The van der Waals surface area contributed by atoms with Gasteiger partial charge in [0.25, 0.3) is 0 Å². The number of methoxy groups -OCH3 is 1. The molecule has 0 aliphatic rings. The highest BCUT2D eigenvalue weighted by Gasteiger charge is 2.10. The third-order valence-electron chi connectivity index (χ3n) is 4.16. The molecular weight excluding hydrogens is 376 g/mol. The van der Waals surface area contributed by atoms with E-state index in [0.717, 1.165) is 28.8 Å². The lowest BCUT2D eigenvalue weighted by atomic mass is 10.1. The van der Waals surface area contributed by atoms with E-state index in [-0.39, 0.29) is 5.97 Å². The number of carbonyl (C=O) groups excluding carboxylic acids is 1. The first-order valence-corrected chi connectivity index (χ1v) is 9.46. The Morgan fingerprint density at radius 2 is 1.86 bits per heavy atom. The molecule has 6 nitrogen and oxygen atoms in total. The summed E-state index contributed by atoms with van der Waals surface area (Å²) in [6.07, 6.45) is 0. The predicted molar refractivity (Wildman–Crippen MR) is 113 cm³/mol. The molecule has 7 heteroatoms. The molecule has 0 amide bonds. The van der Waals surface area contributed by atoms with Crippen LogP contribution in [0.25, 0.3) is 10.9 Å². The first-order chi connectivity index (χ1) is 13.5. The van der Waals surface area contributed by atoms with E-state index in [1.54, 1.807) is 12.1 Å². The number of esters is 1. The summed E-state index contributed by atoms with van der Waals surface area (Å²) in [5.41, 5.74) is 2.29. The number of aromatic nitrogens is 2. The number of hydrogen-bond donors (Lipinski definition) is 2. The molecule has 0 saturated carbocycles. The summed E-state index contributed by atoms with van der Waals surface area (Å²) >= 11 is 6.14. The van der Waals surface area contributed by atoms with Gasteiger partial charge in [0.1, 0.15) is 5.82 Å². The molecule has 1 aromatic heterocycles. The van der Waals surface area contributed by atoms with Crippen molar-refractivity contribution in [3.63, 3.8) is 0 Å². The highest BCUT2D eigenvalue weighted by atomic mass is 35.5. The lowest BCUT2D eigenvalue weighted by Crippen LogP contribution is -2.12. The summed E-state index contributed by atoms with van der Waals surface area (Å²) in [5.74, 6) is 1.43. The fourth-order valence-electron chi connectivity index (χ4n) is 2.68. The number of ether oxygens (including phenoxy) is 1. The zero-order chi connectivity index (χ0) is 20.1. The van der Waals surface area contributed by atoms with Crippen molar-refractivity contribution in [2.45, 2.75) is 20.4 Å². The van der Waals surface area contributed by atoms with Crippen LogP contribution in [0.2, 0.25) is 5.02 Å². The van der Waals surface area contributed by atoms with Gasteiger partial charge in [-0.15, -0.1) is 0 Å². The fraction of sp³-hybridized carbons (Fsp3) is 0.286. The number of rotatable bonds is 7. The number of carbonyl (C=O) groups is 1. The molecule has 3 rings (SSSR count). The van der Waals surface area contributed by atoms with Crippen LogP contribution < -0.4 is 10.6 Å². The topological polar surface area (TPSA) is 76.1 Å². The normalized spacial score (nSPS) is 10.9. The average Bonchev–Trinajstić information content (AvgIpc) is 2.69. The maximum Gasteiger partial charge on any atom is 0.337 e. The van der Waals surface area contributed by atoms with Crippen molar-refractivity contribution in [1.29, 1.82) is 0 Å². The van der Waals surface area contributed by atoms with Gasteiger partial charge in [-0.05, 0) is 41.8 Å². The minimum Gasteiger partial charge on any atom is -0.465 e. The Kier molecular flexibility index (Phi) is 6.31. The van der Waals surface area contributed by atoms with Gasteiger partial charge in [0.2, 0.25) is 5.95 Å². The molecule has 0 bridgehead atoms. The zero-order valence-corrected chi connectivity index (χ0v) is 16.9. The van der Waals surface area contributed by atoms with Gasteiger partial charge in [-0.1, -0.05) is 37.6 Å². The Morgan fingerprint density at radius 3 is 2.54 bits per heavy atom. The third kappa shape index (κ3) is 4.89. The van der Waals surface area contributed by atoms with Crippen LogP contribution >= 0.6 is 11.6 Å². The molecule has 1 heterocycles. The molecule has 3 aromatic rings. The molecule has 0 spiro atoms. The SMILES string of the molecule is COC(=O)c1ccc(CNc2nc(NCC(C)C)c3ccc(Cl)cc3n2)cc1. The van der Waals surface area contributed by atoms with E-state index >= 15 is 0 Å². The van der Waals surface area contributed by atoms with Crippen LogP contribution in [0.15, 0.2) is 42.5 Å². The molecule has 0 aliphatic carbocycles. The van der Waals surface area contributed by atoms with E-state index in [1.165, 1.54) is 7.11 Å². The van der Waals surface area contributed by atoms with E-state index in [1.807, 2.05) is 30.3 Å². The summed E-state index contributed by atoms with van der Waals surface area (Å²) in [5, 5.41) is 8.19. The van der Waals surface area contributed by atoms with Gasteiger partial charge in [0.15, 0.2) is 0 Å². The van der Waals surface area contributed by atoms with Crippen molar-refractivity contribution in [3.05, 3.63) is 58.6 Å². The Morgan fingerprint density at radius 1 is 1.11 bits per heavy atom. The van der Waals surface area contributed by atoms with Crippen molar-refractivity contribution >= 4 is 40.2 Å². The van der Waals surface area contributed by atoms with Crippen LogP contribution in [0.4, 0.5) is 11.8 Å². The van der Waals surface area contributed by atoms with E-state index in [9.17, 15) is 4.79 Å². The smallest absolute Gasteiger partial charge is 0.337 e. The van der Waals surface area contributed by atoms with Crippen LogP contribution in [0.5, 0.6) is 0 Å². The average molecular weight is 399 g/mol. The highest BCUT2D eigenvalue weighted by molar-refractivity contribution is 6.31. The first kappa shape index (κ1) is 19.9.